The van der Waals surface area contributed by atoms with Gasteiger partial charge in [-0.25, -0.2) is 0 Å². The van der Waals surface area contributed by atoms with Crippen LogP contribution in [0.4, 0.5) is 0 Å². The van der Waals surface area contributed by atoms with Gasteiger partial charge in [-0.05, 0) is 42.0 Å². The molecule has 2 unspecified atom stereocenters. The molecule has 2 aromatic rings. The number of carboxylic acids is 1. The molecule has 1 fully saturated rings. The lowest BCUT2D eigenvalue weighted by Crippen LogP contribution is -2.33. The topological polar surface area (TPSA) is 77.0 Å². The van der Waals surface area contributed by atoms with E-state index in [1.165, 1.54) is 0 Å². The van der Waals surface area contributed by atoms with Crippen LogP contribution in [0.15, 0.2) is 46.9 Å². The summed E-state index contributed by atoms with van der Waals surface area (Å²) in [6, 6.07) is 12.7. The van der Waals surface area contributed by atoms with E-state index in [0.29, 0.717) is 30.5 Å². The van der Waals surface area contributed by atoms with Gasteiger partial charge in [-0.3, -0.25) is 10.1 Å². The smallest absolute Gasteiger partial charge is 0.321 e. The molecule has 2 atom stereocenters. The lowest BCUT2D eigenvalue weighted by atomic mass is 10.2. The van der Waals surface area contributed by atoms with Gasteiger partial charge in [0.25, 0.3) is 0 Å². The Morgan fingerprint density at radius 3 is 2.59 bits per heavy atom. The van der Waals surface area contributed by atoms with Crippen molar-refractivity contribution in [3.8, 4) is 17.2 Å². The zero-order valence-electron chi connectivity index (χ0n) is 14.7. The van der Waals surface area contributed by atoms with E-state index < -0.39 is 12.0 Å². The van der Waals surface area contributed by atoms with Gasteiger partial charge < -0.3 is 19.3 Å². The molecule has 3 rings (SSSR count). The molecule has 6 nitrogen and oxygen atoms in total. The molecule has 0 amide bonds. The van der Waals surface area contributed by atoms with Crippen LogP contribution in [-0.2, 0) is 4.79 Å². The molecule has 1 saturated heterocycles. The van der Waals surface area contributed by atoms with E-state index >= 15 is 0 Å². The molecule has 1 aliphatic rings. The second kappa shape index (κ2) is 9.34. The maximum atomic E-state index is 11.1. The maximum Gasteiger partial charge on any atom is 0.321 e. The molecule has 2 N–H and O–H groups in total. The normalized spacial score (nSPS) is 18.9. The summed E-state index contributed by atoms with van der Waals surface area (Å²) in [4.78, 5) is 11.1. The first-order valence-corrected chi connectivity index (χ1v) is 10.2. The van der Waals surface area contributed by atoms with Crippen LogP contribution >= 0.6 is 27.7 Å². The van der Waals surface area contributed by atoms with E-state index in [1.54, 1.807) is 18.9 Å². The first kappa shape index (κ1) is 19.9. The van der Waals surface area contributed by atoms with Crippen molar-refractivity contribution in [2.75, 3.05) is 26.1 Å². The minimum atomic E-state index is -0.831. The molecule has 1 heterocycles. The van der Waals surface area contributed by atoms with Gasteiger partial charge in [0.15, 0.2) is 11.5 Å². The minimum Gasteiger partial charge on any atom is -0.493 e. The molecule has 27 heavy (non-hydrogen) atoms. The molecule has 8 heteroatoms. The molecule has 0 saturated carbocycles. The zero-order valence-corrected chi connectivity index (χ0v) is 17.1. The highest BCUT2D eigenvalue weighted by atomic mass is 79.9. The fraction of sp³-hybridized carbons (Fsp3) is 0.316. The third kappa shape index (κ3) is 5.31. The molecule has 144 valence electrons. The Balaban J connectivity index is 1.55. The number of hydrogen-bond donors (Lipinski definition) is 2. The summed E-state index contributed by atoms with van der Waals surface area (Å²) in [7, 11) is 1.58. The minimum absolute atomic E-state index is 0.0743. The molecule has 0 aromatic heterocycles. The van der Waals surface area contributed by atoms with Crippen molar-refractivity contribution in [3.05, 3.63) is 52.5 Å². The molecule has 1 aliphatic heterocycles. The predicted octanol–water partition coefficient (Wildman–Crippen LogP) is 3.70. The Hall–Kier alpha value is -1.90. The van der Waals surface area contributed by atoms with Gasteiger partial charge in [-0.2, -0.15) is 0 Å². The molecule has 0 spiro atoms. The quantitative estimate of drug-likeness (QED) is 0.589. The second-order valence-corrected chi connectivity index (χ2v) is 7.89. The molecule has 0 radical (unpaired) electrons. The lowest BCUT2D eigenvalue weighted by Gasteiger charge is -2.16. The van der Waals surface area contributed by atoms with Crippen molar-refractivity contribution in [1.29, 1.82) is 0 Å². The molecular formula is C19H20BrNO5S. The SMILES string of the molecule is COc1cc(C2NC(C(=O)O)CS2)ccc1OCCOc1ccc(Br)cc1. The van der Waals surface area contributed by atoms with Crippen molar-refractivity contribution in [1.82, 2.24) is 5.32 Å². The van der Waals surface area contributed by atoms with Crippen LogP contribution in [0.5, 0.6) is 17.2 Å². The van der Waals surface area contributed by atoms with Crippen LogP contribution < -0.4 is 19.5 Å². The van der Waals surface area contributed by atoms with Crippen molar-refractivity contribution < 1.29 is 24.1 Å². The number of rotatable bonds is 8. The third-order valence-corrected chi connectivity index (χ3v) is 5.79. The zero-order chi connectivity index (χ0) is 19.2. The summed E-state index contributed by atoms with van der Waals surface area (Å²) in [5.74, 6) is 1.72. The number of hydrogen-bond acceptors (Lipinski definition) is 6. The fourth-order valence-corrected chi connectivity index (χ4v) is 4.10. The first-order chi connectivity index (χ1) is 13.1. The van der Waals surface area contributed by atoms with E-state index in [0.717, 1.165) is 15.8 Å². The number of aliphatic carboxylic acids is 1. The highest BCUT2D eigenvalue weighted by Gasteiger charge is 2.30. The Labute approximate surface area is 170 Å². The molecule has 0 aliphatic carbocycles. The number of methoxy groups -OCH3 is 1. The number of halogens is 1. The Morgan fingerprint density at radius 2 is 1.93 bits per heavy atom. The van der Waals surface area contributed by atoms with E-state index in [4.69, 9.17) is 19.3 Å². The van der Waals surface area contributed by atoms with Crippen LogP contribution in [0.25, 0.3) is 0 Å². The molecular weight excluding hydrogens is 434 g/mol. The summed E-state index contributed by atoms with van der Waals surface area (Å²) >= 11 is 4.95. The number of thioether (sulfide) groups is 1. The van der Waals surface area contributed by atoms with E-state index in [2.05, 4.69) is 21.2 Å². The summed E-state index contributed by atoms with van der Waals surface area (Å²) in [6.07, 6.45) is 0. The maximum absolute atomic E-state index is 11.1. The number of carboxylic acid groups (broad SMARTS) is 1. The van der Waals surface area contributed by atoms with Gasteiger partial charge in [0.05, 0.1) is 12.5 Å². The highest BCUT2D eigenvalue weighted by Crippen LogP contribution is 2.37. The average Bonchev–Trinajstić information content (AvgIpc) is 3.17. The van der Waals surface area contributed by atoms with Crippen LogP contribution in [0, 0.1) is 0 Å². The van der Waals surface area contributed by atoms with Gasteiger partial charge in [-0.1, -0.05) is 22.0 Å². The van der Waals surface area contributed by atoms with Crippen molar-refractivity contribution >= 4 is 33.7 Å². The largest absolute Gasteiger partial charge is 0.493 e. The highest BCUT2D eigenvalue weighted by molar-refractivity contribution is 9.10. The van der Waals surface area contributed by atoms with Gasteiger partial charge in [0, 0.05) is 10.2 Å². The average molecular weight is 454 g/mol. The molecule has 2 aromatic carbocycles. The van der Waals surface area contributed by atoms with Crippen molar-refractivity contribution in [2.45, 2.75) is 11.4 Å². The van der Waals surface area contributed by atoms with Crippen LogP contribution in [0.3, 0.4) is 0 Å². The first-order valence-electron chi connectivity index (χ1n) is 8.36. The summed E-state index contributed by atoms with van der Waals surface area (Å²) in [5.41, 5.74) is 0.957. The Morgan fingerprint density at radius 1 is 1.19 bits per heavy atom. The van der Waals surface area contributed by atoms with Gasteiger partial charge in [0.2, 0.25) is 0 Å². The number of ether oxygens (including phenoxy) is 3. The second-order valence-electron chi connectivity index (χ2n) is 5.83. The fourth-order valence-electron chi connectivity index (χ4n) is 2.61. The molecule has 0 bridgehead atoms. The van der Waals surface area contributed by atoms with Gasteiger partial charge in [-0.15, -0.1) is 11.8 Å². The summed E-state index contributed by atoms with van der Waals surface area (Å²) in [6.45, 7) is 0.788. The Bertz CT molecular complexity index is 786. The van der Waals surface area contributed by atoms with Crippen LogP contribution in [0.2, 0.25) is 0 Å². The summed E-state index contributed by atoms with van der Waals surface area (Å²) in [5, 5.41) is 12.1. The third-order valence-electron chi connectivity index (χ3n) is 3.99. The van der Waals surface area contributed by atoms with Gasteiger partial charge in [0.1, 0.15) is 25.0 Å². The van der Waals surface area contributed by atoms with E-state index in [-0.39, 0.29) is 5.37 Å². The Kier molecular flexibility index (Phi) is 6.87. The van der Waals surface area contributed by atoms with E-state index in [9.17, 15) is 4.79 Å². The number of nitrogens with one attached hydrogen (secondary N) is 1. The summed E-state index contributed by atoms with van der Waals surface area (Å²) < 4.78 is 17.8. The van der Waals surface area contributed by atoms with Crippen molar-refractivity contribution in [3.63, 3.8) is 0 Å². The van der Waals surface area contributed by atoms with Crippen LogP contribution in [-0.4, -0.2) is 43.2 Å². The number of benzene rings is 2. The monoisotopic (exact) mass is 453 g/mol. The predicted molar refractivity (Wildman–Crippen MR) is 108 cm³/mol. The van der Waals surface area contributed by atoms with E-state index in [1.807, 2.05) is 42.5 Å². The lowest BCUT2D eigenvalue weighted by molar-refractivity contribution is -0.138. The van der Waals surface area contributed by atoms with Crippen molar-refractivity contribution in [2.24, 2.45) is 0 Å². The van der Waals surface area contributed by atoms with Gasteiger partial charge >= 0.3 is 5.97 Å². The standard InChI is InChI=1S/C19H20BrNO5S/c1-24-17-10-12(18-21-15(11-27-18)19(22)23)2-7-16(17)26-9-8-25-14-5-3-13(20)4-6-14/h2-7,10,15,18,21H,8-9,11H2,1H3,(H,22,23). The number of carbonyl (C=O) groups is 1. The van der Waals surface area contributed by atoms with Crippen LogP contribution in [0.1, 0.15) is 10.9 Å².